The van der Waals surface area contributed by atoms with Gasteiger partial charge in [0.15, 0.2) is 11.5 Å². The van der Waals surface area contributed by atoms with Crippen LogP contribution in [0.3, 0.4) is 0 Å². The first-order valence-corrected chi connectivity index (χ1v) is 5.85. The average Bonchev–Trinajstić information content (AvgIpc) is 2.94. The van der Waals surface area contributed by atoms with Crippen LogP contribution in [0.25, 0.3) is 0 Å². The largest absolute Gasteiger partial charge is 0.493 e. The van der Waals surface area contributed by atoms with Gasteiger partial charge >= 0.3 is 5.97 Å². The van der Waals surface area contributed by atoms with Crippen LogP contribution in [0.4, 0.5) is 0 Å². The monoisotopic (exact) mass is 278 g/mol. The van der Waals surface area contributed by atoms with E-state index >= 15 is 0 Å². The number of aliphatic hydroxyl groups excluding tert-OH is 1. The predicted octanol–water partition coefficient (Wildman–Crippen LogP) is 2.06. The molecule has 2 aromatic rings. The van der Waals surface area contributed by atoms with Crippen molar-refractivity contribution in [2.45, 2.75) is 13.2 Å². The number of carboxylic acid groups (broad SMARTS) is 1. The molecule has 1 aromatic heterocycles. The van der Waals surface area contributed by atoms with Gasteiger partial charge in [0.1, 0.15) is 18.6 Å². The fraction of sp³-hybridized carbons (Fsp3) is 0.214. The van der Waals surface area contributed by atoms with Gasteiger partial charge < -0.3 is 24.1 Å². The Morgan fingerprint density at radius 1 is 1.30 bits per heavy atom. The molecule has 0 aliphatic rings. The lowest BCUT2D eigenvalue weighted by Crippen LogP contribution is -1.98. The molecule has 0 saturated heterocycles. The van der Waals surface area contributed by atoms with E-state index in [-0.39, 0.29) is 18.8 Å². The van der Waals surface area contributed by atoms with Crippen LogP contribution in [-0.4, -0.2) is 23.3 Å². The topological polar surface area (TPSA) is 89.1 Å². The minimum absolute atomic E-state index is 0.0752. The van der Waals surface area contributed by atoms with Crippen molar-refractivity contribution in [1.29, 1.82) is 0 Å². The average molecular weight is 278 g/mol. The number of benzene rings is 1. The summed E-state index contributed by atoms with van der Waals surface area (Å²) in [5.41, 5.74) is 0.784. The fourth-order valence-corrected chi connectivity index (χ4v) is 1.65. The Morgan fingerprint density at radius 3 is 2.70 bits per heavy atom. The molecule has 0 unspecified atom stereocenters. The minimum Gasteiger partial charge on any atom is -0.493 e. The number of furan rings is 1. The lowest BCUT2D eigenvalue weighted by molar-refractivity contribution is 0.0696. The van der Waals surface area contributed by atoms with Gasteiger partial charge in [0.2, 0.25) is 0 Å². The van der Waals surface area contributed by atoms with E-state index in [2.05, 4.69) is 0 Å². The molecular formula is C14H14O6. The zero-order valence-electron chi connectivity index (χ0n) is 10.8. The van der Waals surface area contributed by atoms with Crippen LogP contribution in [0.1, 0.15) is 21.7 Å². The SMILES string of the molecule is COc1cc(CO)ccc1OCc1cc(C(=O)O)co1. The maximum absolute atomic E-state index is 10.7. The molecule has 2 rings (SSSR count). The third-order valence-electron chi connectivity index (χ3n) is 2.68. The molecule has 0 bridgehead atoms. The van der Waals surface area contributed by atoms with Crippen LogP contribution in [0, 0.1) is 0 Å². The maximum Gasteiger partial charge on any atom is 0.338 e. The van der Waals surface area contributed by atoms with E-state index in [4.69, 9.17) is 24.1 Å². The minimum atomic E-state index is -1.05. The molecule has 2 N–H and O–H groups in total. The Hall–Kier alpha value is -2.47. The normalized spacial score (nSPS) is 10.3. The number of carbonyl (C=O) groups is 1. The van der Waals surface area contributed by atoms with E-state index < -0.39 is 5.97 Å². The molecule has 0 saturated carbocycles. The number of rotatable bonds is 6. The molecule has 20 heavy (non-hydrogen) atoms. The summed E-state index contributed by atoms with van der Waals surface area (Å²) in [4.78, 5) is 10.7. The molecule has 1 heterocycles. The molecule has 0 aliphatic heterocycles. The molecule has 106 valence electrons. The Morgan fingerprint density at radius 2 is 2.10 bits per heavy atom. The van der Waals surface area contributed by atoms with Crippen molar-refractivity contribution >= 4 is 5.97 Å². The van der Waals surface area contributed by atoms with E-state index in [0.717, 1.165) is 6.26 Å². The fourth-order valence-electron chi connectivity index (χ4n) is 1.65. The van der Waals surface area contributed by atoms with E-state index in [1.807, 2.05) is 0 Å². The van der Waals surface area contributed by atoms with Crippen LogP contribution in [0.15, 0.2) is 34.9 Å². The number of aromatic carboxylic acids is 1. The van der Waals surface area contributed by atoms with Crippen molar-refractivity contribution in [1.82, 2.24) is 0 Å². The summed E-state index contributed by atoms with van der Waals surface area (Å²) in [6.45, 7) is -0.00108. The van der Waals surface area contributed by atoms with Crippen molar-refractivity contribution in [3.63, 3.8) is 0 Å². The van der Waals surface area contributed by atoms with Crippen LogP contribution in [0.2, 0.25) is 0 Å². The summed E-state index contributed by atoms with van der Waals surface area (Å²) in [6.07, 6.45) is 1.16. The molecular weight excluding hydrogens is 264 g/mol. The van der Waals surface area contributed by atoms with Gasteiger partial charge in [0.05, 0.1) is 19.3 Å². The standard InChI is InChI=1S/C14H14O6/c1-18-13-4-9(6-15)2-3-12(13)20-8-11-5-10(7-19-11)14(16)17/h2-5,7,15H,6,8H2,1H3,(H,16,17). The highest BCUT2D eigenvalue weighted by Gasteiger charge is 2.10. The van der Waals surface area contributed by atoms with Gasteiger partial charge in [-0.25, -0.2) is 4.79 Å². The van der Waals surface area contributed by atoms with Crippen molar-refractivity contribution < 1.29 is 28.9 Å². The number of hydrogen-bond donors (Lipinski definition) is 2. The highest BCUT2D eigenvalue weighted by Crippen LogP contribution is 2.29. The second kappa shape index (κ2) is 6.12. The summed E-state index contributed by atoms with van der Waals surface area (Å²) in [5, 5.41) is 17.8. The van der Waals surface area contributed by atoms with Gasteiger partial charge in [0.25, 0.3) is 0 Å². The Kier molecular flexibility index (Phi) is 4.27. The molecule has 0 radical (unpaired) electrons. The van der Waals surface area contributed by atoms with Gasteiger partial charge in [-0.2, -0.15) is 0 Å². The van der Waals surface area contributed by atoms with Gasteiger partial charge in [-0.1, -0.05) is 6.07 Å². The summed E-state index contributed by atoms with van der Waals surface area (Å²) in [7, 11) is 1.50. The van der Waals surface area contributed by atoms with Crippen LogP contribution in [-0.2, 0) is 13.2 Å². The van der Waals surface area contributed by atoms with E-state index in [1.165, 1.54) is 13.2 Å². The lowest BCUT2D eigenvalue weighted by Gasteiger charge is -2.10. The van der Waals surface area contributed by atoms with Gasteiger partial charge in [-0.15, -0.1) is 0 Å². The second-order valence-electron chi connectivity index (χ2n) is 4.04. The van der Waals surface area contributed by atoms with Gasteiger partial charge in [-0.3, -0.25) is 0 Å². The number of aliphatic hydroxyl groups is 1. The van der Waals surface area contributed by atoms with Crippen molar-refractivity contribution in [3.05, 3.63) is 47.4 Å². The van der Waals surface area contributed by atoms with Gasteiger partial charge in [-0.05, 0) is 23.8 Å². The molecule has 6 heteroatoms. The van der Waals surface area contributed by atoms with Crippen LogP contribution < -0.4 is 9.47 Å². The number of hydrogen-bond acceptors (Lipinski definition) is 5. The summed E-state index contributed by atoms with van der Waals surface area (Å²) >= 11 is 0. The molecule has 1 aromatic carbocycles. The molecule has 0 amide bonds. The first-order chi connectivity index (χ1) is 9.63. The van der Waals surface area contributed by atoms with Crippen LogP contribution in [0.5, 0.6) is 11.5 Å². The Balaban J connectivity index is 2.07. The zero-order valence-corrected chi connectivity index (χ0v) is 10.8. The summed E-state index contributed by atoms with van der Waals surface area (Å²) in [6, 6.07) is 6.45. The first kappa shape index (κ1) is 14.0. The molecule has 6 nitrogen and oxygen atoms in total. The highest BCUT2D eigenvalue weighted by molar-refractivity contribution is 5.87. The smallest absolute Gasteiger partial charge is 0.338 e. The van der Waals surface area contributed by atoms with E-state index in [1.54, 1.807) is 18.2 Å². The summed E-state index contributed by atoms with van der Waals surface area (Å²) < 4.78 is 15.8. The van der Waals surface area contributed by atoms with Crippen LogP contribution >= 0.6 is 0 Å². The molecule has 0 fully saturated rings. The second-order valence-corrected chi connectivity index (χ2v) is 4.04. The van der Waals surface area contributed by atoms with Gasteiger partial charge in [0, 0.05) is 0 Å². The quantitative estimate of drug-likeness (QED) is 0.840. The van der Waals surface area contributed by atoms with Crippen molar-refractivity contribution in [2.75, 3.05) is 7.11 Å². The molecule has 0 aliphatic carbocycles. The highest BCUT2D eigenvalue weighted by atomic mass is 16.5. The lowest BCUT2D eigenvalue weighted by atomic mass is 10.2. The van der Waals surface area contributed by atoms with Crippen molar-refractivity contribution in [2.24, 2.45) is 0 Å². The first-order valence-electron chi connectivity index (χ1n) is 5.85. The summed E-state index contributed by atoms with van der Waals surface area (Å²) in [5.74, 6) is 0.320. The van der Waals surface area contributed by atoms with E-state index in [0.29, 0.717) is 22.8 Å². The molecule has 0 atom stereocenters. The molecule has 0 spiro atoms. The third kappa shape index (κ3) is 3.10. The number of methoxy groups -OCH3 is 1. The van der Waals surface area contributed by atoms with E-state index in [9.17, 15) is 4.79 Å². The number of carboxylic acids is 1. The zero-order chi connectivity index (χ0) is 14.5. The third-order valence-corrected chi connectivity index (χ3v) is 2.68. The Bertz CT molecular complexity index is 601. The maximum atomic E-state index is 10.7. The number of ether oxygens (including phenoxy) is 2. The van der Waals surface area contributed by atoms with Crippen molar-refractivity contribution in [3.8, 4) is 11.5 Å². The predicted molar refractivity (Wildman–Crippen MR) is 68.9 cm³/mol. The Labute approximate surface area is 115 Å².